The zero-order valence-corrected chi connectivity index (χ0v) is 10.4. The molecular formula is C7H9BrF3N3S. The van der Waals surface area contributed by atoms with Gasteiger partial charge in [0.1, 0.15) is 0 Å². The lowest BCUT2D eigenvalue weighted by Crippen LogP contribution is -2.23. The second kappa shape index (κ2) is 4.65. The minimum atomic E-state index is -4.46. The van der Waals surface area contributed by atoms with Gasteiger partial charge in [0.15, 0.2) is 0 Å². The highest BCUT2D eigenvalue weighted by Crippen LogP contribution is 2.30. The van der Waals surface area contributed by atoms with Gasteiger partial charge in [-0.05, 0) is 0 Å². The van der Waals surface area contributed by atoms with E-state index in [9.17, 15) is 13.2 Å². The summed E-state index contributed by atoms with van der Waals surface area (Å²) in [5.41, 5.74) is 0. The Bertz CT molecular complexity index is 326. The van der Waals surface area contributed by atoms with Crippen LogP contribution in [-0.2, 0) is 6.18 Å². The van der Waals surface area contributed by atoms with Gasteiger partial charge in [-0.25, -0.2) is 0 Å². The number of aromatic nitrogens is 2. The molecule has 1 rings (SSSR count). The molecule has 15 heavy (non-hydrogen) atoms. The first kappa shape index (κ1) is 12.7. The number of halogens is 4. The van der Waals surface area contributed by atoms with Crippen LogP contribution in [0.2, 0.25) is 0 Å². The molecule has 0 saturated heterocycles. The fourth-order valence-electron chi connectivity index (χ4n) is 0.941. The van der Waals surface area contributed by atoms with Gasteiger partial charge >= 0.3 is 6.18 Å². The van der Waals surface area contributed by atoms with Gasteiger partial charge in [0.2, 0.25) is 11.0 Å². The van der Waals surface area contributed by atoms with Crippen molar-refractivity contribution < 1.29 is 13.2 Å². The summed E-state index contributed by atoms with van der Waals surface area (Å²) in [4.78, 5) is 5.23. The molecule has 3 nitrogen and oxygen atoms in total. The SMILES string of the molecule is CC(Br)CN(C)c1nc(C(F)(F)F)ns1. The average molecular weight is 304 g/mol. The summed E-state index contributed by atoms with van der Waals surface area (Å²) in [5, 5.41) is 0.272. The summed E-state index contributed by atoms with van der Waals surface area (Å²) in [6.45, 7) is 2.48. The van der Waals surface area contributed by atoms with Gasteiger partial charge < -0.3 is 4.90 Å². The molecule has 86 valence electrons. The van der Waals surface area contributed by atoms with Gasteiger partial charge in [0.25, 0.3) is 0 Å². The zero-order chi connectivity index (χ0) is 11.6. The Kier molecular flexibility index (Phi) is 3.93. The number of hydrogen-bond donors (Lipinski definition) is 0. The third kappa shape index (κ3) is 3.60. The molecule has 1 aromatic rings. The Morgan fingerprint density at radius 3 is 2.53 bits per heavy atom. The average Bonchev–Trinajstić information content (AvgIpc) is 2.48. The molecule has 1 atom stereocenters. The van der Waals surface area contributed by atoms with Gasteiger partial charge in [0, 0.05) is 30.0 Å². The van der Waals surface area contributed by atoms with E-state index in [1.165, 1.54) is 0 Å². The predicted molar refractivity (Wildman–Crippen MR) is 56.6 cm³/mol. The number of hydrogen-bond acceptors (Lipinski definition) is 4. The number of alkyl halides is 4. The lowest BCUT2D eigenvalue weighted by Gasteiger charge is -2.16. The molecule has 0 amide bonds. The molecule has 0 radical (unpaired) electrons. The topological polar surface area (TPSA) is 29.0 Å². The lowest BCUT2D eigenvalue weighted by atomic mass is 10.4. The second-order valence-electron chi connectivity index (χ2n) is 3.06. The summed E-state index contributed by atoms with van der Waals surface area (Å²) < 4.78 is 39.8. The summed E-state index contributed by atoms with van der Waals surface area (Å²) in [5.74, 6) is -1.07. The molecule has 0 bridgehead atoms. The maximum absolute atomic E-state index is 12.2. The van der Waals surface area contributed by atoms with Crippen molar-refractivity contribution in [2.24, 2.45) is 0 Å². The van der Waals surface area contributed by atoms with Crippen LogP contribution in [0.25, 0.3) is 0 Å². The maximum atomic E-state index is 12.2. The highest BCUT2D eigenvalue weighted by molar-refractivity contribution is 9.09. The minimum Gasteiger partial charge on any atom is -0.349 e. The predicted octanol–water partition coefficient (Wildman–Crippen LogP) is 2.78. The normalized spacial score (nSPS) is 14.0. The zero-order valence-electron chi connectivity index (χ0n) is 8.05. The van der Waals surface area contributed by atoms with Crippen molar-refractivity contribution in [2.45, 2.75) is 17.9 Å². The van der Waals surface area contributed by atoms with Crippen LogP contribution in [0.15, 0.2) is 0 Å². The first-order chi connectivity index (χ1) is 6.80. The lowest BCUT2D eigenvalue weighted by molar-refractivity contribution is -0.144. The van der Waals surface area contributed by atoms with Crippen molar-refractivity contribution in [2.75, 3.05) is 18.5 Å². The third-order valence-electron chi connectivity index (χ3n) is 1.52. The van der Waals surface area contributed by atoms with Crippen LogP contribution >= 0.6 is 27.5 Å². The minimum absolute atomic E-state index is 0.181. The third-order valence-corrected chi connectivity index (χ3v) is 2.64. The van der Waals surface area contributed by atoms with E-state index < -0.39 is 12.0 Å². The fraction of sp³-hybridized carbons (Fsp3) is 0.714. The fourth-order valence-corrected chi connectivity index (χ4v) is 2.03. The molecule has 0 spiro atoms. The molecule has 8 heteroatoms. The van der Waals surface area contributed by atoms with Crippen molar-refractivity contribution in [3.05, 3.63) is 5.82 Å². The first-order valence-corrected chi connectivity index (χ1v) is 5.75. The summed E-state index contributed by atoms with van der Waals surface area (Å²) in [6.07, 6.45) is -4.46. The number of anilines is 1. The Hall–Kier alpha value is -0.370. The van der Waals surface area contributed by atoms with Crippen LogP contribution in [0.4, 0.5) is 18.3 Å². The molecule has 1 heterocycles. The Morgan fingerprint density at radius 1 is 1.53 bits per heavy atom. The van der Waals surface area contributed by atoms with Crippen LogP contribution in [0, 0.1) is 0 Å². The van der Waals surface area contributed by atoms with E-state index in [1.54, 1.807) is 11.9 Å². The molecule has 0 aliphatic carbocycles. The van der Waals surface area contributed by atoms with Gasteiger partial charge in [0.05, 0.1) is 0 Å². The molecule has 0 aromatic carbocycles. The van der Waals surface area contributed by atoms with Crippen LogP contribution < -0.4 is 4.90 Å². The molecule has 0 fully saturated rings. The van der Waals surface area contributed by atoms with E-state index in [4.69, 9.17) is 0 Å². The van der Waals surface area contributed by atoms with Crippen molar-refractivity contribution in [3.63, 3.8) is 0 Å². The largest absolute Gasteiger partial charge is 0.452 e. The van der Waals surface area contributed by atoms with Crippen LogP contribution in [0.3, 0.4) is 0 Å². The first-order valence-electron chi connectivity index (χ1n) is 4.07. The van der Waals surface area contributed by atoms with Crippen LogP contribution in [-0.4, -0.2) is 27.8 Å². The maximum Gasteiger partial charge on any atom is 0.452 e. The van der Waals surface area contributed by atoms with Crippen molar-refractivity contribution >= 4 is 32.6 Å². The van der Waals surface area contributed by atoms with E-state index in [0.717, 1.165) is 11.5 Å². The smallest absolute Gasteiger partial charge is 0.349 e. The van der Waals surface area contributed by atoms with Gasteiger partial charge in [-0.1, -0.05) is 22.9 Å². The molecule has 0 aliphatic heterocycles. The molecule has 0 N–H and O–H groups in total. The Labute approximate surface area is 97.6 Å². The number of rotatable bonds is 3. The van der Waals surface area contributed by atoms with Gasteiger partial charge in [-0.2, -0.15) is 22.5 Å². The highest BCUT2D eigenvalue weighted by Gasteiger charge is 2.36. The molecular weight excluding hydrogens is 295 g/mol. The van der Waals surface area contributed by atoms with Gasteiger partial charge in [-0.15, -0.1) is 0 Å². The van der Waals surface area contributed by atoms with E-state index in [1.807, 2.05) is 6.92 Å². The van der Waals surface area contributed by atoms with Crippen LogP contribution in [0.5, 0.6) is 0 Å². The van der Waals surface area contributed by atoms with Crippen molar-refractivity contribution in [1.29, 1.82) is 0 Å². The van der Waals surface area contributed by atoms with Crippen molar-refractivity contribution in [3.8, 4) is 0 Å². The number of nitrogens with zero attached hydrogens (tertiary/aromatic N) is 3. The Balaban J connectivity index is 2.76. The summed E-state index contributed by atoms with van der Waals surface area (Å²) >= 11 is 4.06. The van der Waals surface area contributed by atoms with Gasteiger partial charge in [-0.3, -0.25) is 0 Å². The molecule has 1 aromatic heterocycles. The molecule has 0 saturated carbocycles. The van der Waals surface area contributed by atoms with Crippen molar-refractivity contribution in [1.82, 2.24) is 9.36 Å². The standard InChI is InChI=1S/C7H9BrF3N3S/c1-4(8)3-14(2)6-12-5(13-15-6)7(9,10)11/h4H,3H2,1-2H3. The monoisotopic (exact) mass is 303 g/mol. The second-order valence-corrected chi connectivity index (χ2v) is 5.35. The van der Waals surface area contributed by atoms with Crippen LogP contribution in [0.1, 0.15) is 12.7 Å². The molecule has 0 aliphatic rings. The van der Waals surface area contributed by atoms with E-state index in [-0.39, 0.29) is 9.96 Å². The molecule has 1 unspecified atom stereocenters. The summed E-state index contributed by atoms with van der Waals surface area (Å²) in [7, 11) is 1.68. The summed E-state index contributed by atoms with van der Waals surface area (Å²) in [6, 6.07) is 0. The Morgan fingerprint density at radius 2 is 2.13 bits per heavy atom. The quantitative estimate of drug-likeness (QED) is 0.804. The van der Waals surface area contributed by atoms with E-state index >= 15 is 0 Å². The highest BCUT2D eigenvalue weighted by atomic mass is 79.9. The van der Waals surface area contributed by atoms with E-state index in [2.05, 4.69) is 25.3 Å². The van der Waals surface area contributed by atoms with E-state index in [0.29, 0.717) is 6.54 Å².